The minimum atomic E-state index is -0.665. The van der Waals surface area contributed by atoms with Gasteiger partial charge in [0.2, 0.25) is 5.91 Å². The maximum Gasteiger partial charge on any atom is 0.251 e. The summed E-state index contributed by atoms with van der Waals surface area (Å²) in [6.07, 6.45) is 0. The van der Waals surface area contributed by atoms with Gasteiger partial charge in [0.25, 0.3) is 5.91 Å². The van der Waals surface area contributed by atoms with Gasteiger partial charge in [-0.2, -0.15) is 0 Å². The van der Waals surface area contributed by atoms with E-state index in [0.717, 1.165) is 11.1 Å². The van der Waals surface area contributed by atoms with E-state index in [4.69, 9.17) is 0 Å². The molecule has 0 heterocycles. The Kier molecular flexibility index (Phi) is 6.28. The summed E-state index contributed by atoms with van der Waals surface area (Å²) in [5.41, 5.74) is 2.45. The van der Waals surface area contributed by atoms with E-state index in [0.29, 0.717) is 12.1 Å². The molecule has 0 fully saturated rings. The number of carbonyl (C=O) groups excluding carboxylic acids is 2. The van der Waals surface area contributed by atoms with Crippen LogP contribution in [0.1, 0.15) is 35.3 Å². The van der Waals surface area contributed by atoms with E-state index in [-0.39, 0.29) is 11.8 Å². The SMILES string of the molecule is Cc1ccccc1CNC(=O)C(NC(=O)c1ccc(F)cc1)C(C)C. The molecule has 0 aliphatic carbocycles. The molecule has 2 rings (SSSR count). The van der Waals surface area contributed by atoms with Crippen LogP contribution in [0.25, 0.3) is 0 Å². The van der Waals surface area contributed by atoms with Gasteiger partial charge in [-0.3, -0.25) is 9.59 Å². The molecule has 0 aliphatic rings. The minimum absolute atomic E-state index is 0.0822. The molecule has 132 valence electrons. The highest BCUT2D eigenvalue weighted by Crippen LogP contribution is 2.09. The lowest BCUT2D eigenvalue weighted by molar-refractivity contribution is -0.124. The van der Waals surface area contributed by atoms with E-state index in [1.165, 1.54) is 24.3 Å². The Morgan fingerprint density at radius 3 is 2.28 bits per heavy atom. The Morgan fingerprint density at radius 2 is 1.68 bits per heavy atom. The Hall–Kier alpha value is -2.69. The van der Waals surface area contributed by atoms with Gasteiger partial charge in [-0.1, -0.05) is 38.1 Å². The van der Waals surface area contributed by atoms with Crippen molar-refractivity contribution in [3.63, 3.8) is 0 Å². The van der Waals surface area contributed by atoms with Crippen molar-refractivity contribution in [2.75, 3.05) is 0 Å². The molecule has 0 aromatic heterocycles. The first-order chi connectivity index (χ1) is 11.9. The molecule has 0 aliphatic heterocycles. The maximum absolute atomic E-state index is 13.0. The van der Waals surface area contributed by atoms with Gasteiger partial charge in [0.05, 0.1) is 0 Å². The van der Waals surface area contributed by atoms with E-state index in [9.17, 15) is 14.0 Å². The zero-order valence-electron chi connectivity index (χ0n) is 14.7. The third-order valence-electron chi connectivity index (χ3n) is 4.06. The quantitative estimate of drug-likeness (QED) is 0.847. The Labute approximate surface area is 147 Å². The number of hydrogen-bond acceptors (Lipinski definition) is 2. The number of hydrogen-bond donors (Lipinski definition) is 2. The summed E-state index contributed by atoms with van der Waals surface area (Å²) in [5.74, 6) is -1.13. The zero-order valence-corrected chi connectivity index (χ0v) is 14.7. The fraction of sp³-hybridized carbons (Fsp3) is 0.300. The van der Waals surface area contributed by atoms with Gasteiger partial charge in [0.15, 0.2) is 0 Å². The van der Waals surface area contributed by atoms with Gasteiger partial charge >= 0.3 is 0 Å². The van der Waals surface area contributed by atoms with Gasteiger partial charge in [0, 0.05) is 12.1 Å². The van der Waals surface area contributed by atoms with Crippen molar-refractivity contribution in [3.05, 3.63) is 71.0 Å². The third-order valence-corrected chi connectivity index (χ3v) is 4.06. The number of halogens is 1. The first-order valence-electron chi connectivity index (χ1n) is 8.27. The fourth-order valence-electron chi connectivity index (χ4n) is 2.46. The van der Waals surface area contributed by atoms with E-state index >= 15 is 0 Å². The van der Waals surface area contributed by atoms with Gasteiger partial charge in [0.1, 0.15) is 11.9 Å². The summed E-state index contributed by atoms with van der Waals surface area (Å²) in [6, 6.07) is 12.4. The molecule has 0 spiro atoms. The second-order valence-electron chi connectivity index (χ2n) is 6.35. The van der Waals surface area contributed by atoms with Crippen LogP contribution in [0.4, 0.5) is 4.39 Å². The highest BCUT2D eigenvalue weighted by molar-refractivity contribution is 5.97. The molecule has 0 saturated heterocycles. The first kappa shape index (κ1) is 18.6. The van der Waals surface area contributed by atoms with Crippen LogP contribution < -0.4 is 10.6 Å². The number of amides is 2. The van der Waals surface area contributed by atoms with Crippen LogP contribution in [0.5, 0.6) is 0 Å². The van der Waals surface area contributed by atoms with Crippen LogP contribution in [0.15, 0.2) is 48.5 Å². The monoisotopic (exact) mass is 342 g/mol. The molecule has 4 nitrogen and oxygen atoms in total. The number of aryl methyl sites for hydroxylation is 1. The van der Waals surface area contributed by atoms with Gasteiger partial charge in [-0.25, -0.2) is 4.39 Å². The second-order valence-corrected chi connectivity index (χ2v) is 6.35. The van der Waals surface area contributed by atoms with Crippen molar-refractivity contribution in [1.82, 2.24) is 10.6 Å². The molecule has 2 aromatic carbocycles. The lowest BCUT2D eigenvalue weighted by Gasteiger charge is -2.22. The normalized spacial score (nSPS) is 11.9. The molecule has 0 saturated carbocycles. The molecule has 0 bridgehead atoms. The predicted molar refractivity (Wildman–Crippen MR) is 95.5 cm³/mol. The molecule has 2 aromatic rings. The van der Waals surface area contributed by atoms with E-state index in [1.807, 2.05) is 45.0 Å². The van der Waals surface area contributed by atoms with Crippen LogP contribution in [0, 0.1) is 18.7 Å². The van der Waals surface area contributed by atoms with E-state index in [1.54, 1.807) is 0 Å². The van der Waals surface area contributed by atoms with Crippen LogP contribution in [0.2, 0.25) is 0 Å². The Morgan fingerprint density at radius 1 is 1.04 bits per heavy atom. The topological polar surface area (TPSA) is 58.2 Å². The summed E-state index contributed by atoms with van der Waals surface area (Å²) in [7, 11) is 0. The smallest absolute Gasteiger partial charge is 0.251 e. The molecular formula is C20H23FN2O2. The zero-order chi connectivity index (χ0) is 18.4. The number of rotatable bonds is 6. The van der Waals surface area contributed by atoms with E-state index < -0.39 is 17.8 Å². The van der Waals surface area contributed by atoms with Crippen LogP contribution >= 0.6 is 0 Å². The highest BCUT2D eigenvalue weighted by atomic mass is 19.1. The van der Waals surface area contributed by atoms with Crippen molar-refractivity contribution >= 4 is 11.8 Å². The lowest BCUT2D eigenvalue weighted by Crippen LogP contribution is -2.49. The lowest BCUT2D eigenvalue weighted by atomic mass is 10.0. The molecule has 2 N–H and O–H groups in total. The molecule has 5 heteroatoms. The average molecular weight is 342 g/mol. The summed E-state index contributed by atoms with van der Waals surface area (Å²) < 4.78 is 13.0. The molecule has 1 unspecified atom stereocenters. The maximum atomic E-state index is 13.0. The van der Waals surface area contributed by atoms with Gasteiger partial charge < -0.3 is 10.6 Å². The van der Waals surface area contributed by atoms with E-state index in [2.05, 4.69) is 10.6 Å². The van der Waals surface area contributed by atoms with Crippen LogP contribution in [-0.2, 0) is 11.3 Å². The molecule has 2 amide bonds. The van der Waals surface area contributed by atoms with Crippen molar-refractivity contribution in [2.24, 2.45) is 5.92 Å². The van der Waals surface area contributed by atoms with Gasteiger partial charge in [-0.15, -0.1) is 0 Å². The van der Waals surface area contributed by atoms with Crippen molar-refractivity contribution in [1.29, 1.82) is 0 Å². The summed E-state index contributed by atoms with van der Waals surface area (Å²) in [4.78, 5) is 24.8. The molecule has 25 heavy (non-hydrogen) atoms. The van der Waals surface area contributed by atoms with Crippen LogP contribution in [-0.4, -0.2) is 17.9 Å². The van der Waals surface area contributed by atoms with Crippen molar-refractivity contribution < 1.29 is 14.0 Å². The highest BCUT2D eigenvalue weighted by Gasteiger charge is 2.24. The molecule has 1 atom stereocenters. The molecule has 0 radical (unpaired) electrons. The number of nitrogens with one attached hydrogen (secondary N) is 2. The summed E-state index contributed by atoms with van der Waals surface area (Å²) in [6.45, 7) is 6.12. The fourth-order valence-corrected chi connectivity index (χ4v) is 2.46. The average Bonchev–Trinajstić information content (AvgIpc) is 2.58. The third kappa shape index (κ3) is 5.14. The number of benzene rings is 2. The Bertz CT molecular complexity index is 742. The molecular weight excluding hydrogens is 319 g/mol. The van der Waals surface area contributed by atoms with Crippen molar-refractivity contribution in [3.8, 4) is 0 Å². The largest absolute Gasteiger partial charge is 0.350 e. The predicted octanol–water partition coefficient (Wildman–Crippen LogP) is 3.20. The first-order valence-corrected chi connectivity index (χ1v) is 8.27. The summed E-state index contributed by atoms with van der Waals surface area (Å²) in [5, 5.41) is 5.60. The standard InChI is InChI=1S/C20H23FN2O2/c1-13(2)18(23-19(24)15-8-10-17(21)11-9-15)20(25)22-12-16-7-5-4-6-14(16)3/h4-11,13,18H,12H2,1-3H3,(H,22,25)(H,23,24). The Balaban J connectivity index is 2.01. The minimum Gasteiger partial charge on any atom is -0.350 e. The number of carbonyl (C=O) groups is 2. The van der Waals surface area contributed by atoms with Gasteiger partial charge in [-0.05, 0) is 48.2 Å². The summed E-state index contributed by atoms with van der Waals surface area (Å²) >= 11 is 0. The second kappa shape index (κ2) is 8.42. The van der Waals surface area contributed by atoms with Crippen molar-refractivity contribution in [2.45, 2.75) is 33.4 Å². The van der Waals surface area contributed by atoms with Crippen LogP contribution in [0.3, 0.4) is 0 Å².